The average molecular weight is 235 g/mol. The van der Waals surface area contributed by atoms with Crippen LogP contribution in [-0.2, 0) is 6.54 Å². The lowest BCUT2D eigenvalue weighted by Gasteiger charge is -2.07. The van der Waals surface area contributed by atoms with Crippen molar-refractivity contribution in [3.8, 4) is 5.75 Å². The van der Waals surface area contributed by atoms with E-state index in [0.717, 1.165) is 0 Å². The summed E-state index contributed by atoms with van der Waals surface area (Å²) in [5, 5.41) is 7.36. The van der Waals surface area contributed by atoms with Crippen LogP contribution in [0.4, 0.5) is 4.39 Å². The van der Waals surface area contributed by atoms with Crippen molar-refractivity contribution in [1.82, 2.24) is 15.0 Å². The summed E-state index contributed by atoms with van der Waals surface area (Å²) in [6.07, 6.45) is 2.09. The van der Waals surface area contributed by atoms with Gasteiger partial charge in [-0.05, 0) is 18.2 Å². The zero-order valence-corrected chi connectivity index (χ0v) is 9.13. The quantitative estimate of drug-likeness (QED) is 0.749. The first-order valence-electron chi connectivity index (χ1n) is 4.90. The second-order valence-electron chi connectivity index (χ2n) is 3.42. The van der Waals surface area contributed by atoms with Crippen LogP contribution in [0.25, 0.3) is 0 Å². The molecular formula is C11H10FN3O2. The number of halogens is 1. The van der Waals surface area contributed by atoms with Crippen molar-refractivity contribution in [2.24, 2.45) is 0 Å². The normalized spacial score (nSPS) is 10.2. The molecule has 0 saturated carbocycles. The van der Waals surface area contributed by atoms with Gasteiger partial charge in [0.25, 0.3) is 0 Å². The Hall–Kier alpha value is -2.24. The predicted octanol–water partition coefficient (Wildman–Crippen LogP) is 1.29. The van der Waals surface area contributed by atoms with E-state index in [1.807, 2.05) is 0 Å². The largest absolute Gasteiger partial charge is 0.496 e. The first-order chi connectivity index (χ1) is 8.22. The Kier molecular flexibility index (Phi) is 3.13. The molecule has 1 aromatic carbocycles. The minimum atomic E-state index is -0.350. The van der Waals surface area contributed by atoms with Crippen LogP contribution in [0.1, 0.15) is 16.1 Å². The Labute approximate surface area is 96.8 Å². The van der Waals surface area contributed by atoms with Gasteiger partial charge in [-0.1, -0.05) is 5.21 Å². The van der Waals surface area contributed by atoms with E-state index >= 15 is 0 Å². The number of ether oxygens (including phenoxy) is 1. The summed E-state index contributed by atoms with van der Waals surface area (Å²) in [6.45, 7) is 0.293. The number of methoxy groups -OCH3 is 1. The maximum Gasteiger partial charge on any atom is 0.171 e. The van der Waals surface area contributed by atoms with Crippen LogP contribution >= 0.6 is 0 Å². The summed E-state index contributed by atoms with van der Waals surface area (Å²) in [4.78, 5) is 10.4. The van der Waals surface area contributed by atoms with Crippen LogP contribution in [0.2, 0.25) is 0 Å². The second kappa shape index (κ2) is 4.73. The monoisotopic (exact) mass is 235 g/mol. The van der Waals surface area contributed by atoms with Crippen molar-refractivity contribution < 1.29 is 13.9 Å². The third kappa shape index (κ3) is 2.47. The third-order valence-electron chi connectivity index (χ3n) is 2.25. The van der Waals surface area contributed by atoms with Crippen LogP contribution in [0.3, 0.4) is 0 Å². The summed E-state index contributed by atoms with van der Waals surface area (Å²) >= 11 is 0. The molecule has 0 radical (unpaired) electrons. The maximum atomic E-state index is 13.1. The third-order valence-corrected chi connectivity index (χ3v) is 2.25. The zero-order chi connectivity index (χ0) is 12.3. The summed E-state index contributed by atoms with van der Waals surface area (Å²) in [6, 6.07) is 4.23. The smallest absolute Gasteiger partial charge is 0.171 e. The van der Waals surface area contributed by atoms with Crippen LogP contribution < -0.4 is 4.74 Å². The van der Waals surface area contributed by atoms with Gasteiger partial charge in [0.05, 0.1) is 19.9 Å². The molecular weight excluding hydrogens is 225 g/mol. The molecule has 0 spiro atoms. The number of rotatable bonds is 4. The van der Waals surface area contributed by atoms with Crippen molar-refractivity contribution in [3.05, 3.63) is 41.5 Å². The topological polar surface area (TPSA) is 57.0 Å². The lowest BCUT2D eigenvalue weighted by Crippen LogP contribution is -2.03. The van der Waals surface area contributed by atoms with E-state index in [0.29, 0.717) is 24.1 Å². The molecule has 0 saturated heterocycles. The zero-order valence-electron chi connectivity index (χ0n) is 9.13. The highest BCUT2D eigenvalue weighted by Crippen LogP contribution is 2.19. The molecule has 1 heterocycles. The maximum absolute atomic E-state index is 13.1. The minimum absolute atomic E-state index is 0.236. The molecule has 2 aromatic rings. The lowest BCUT2D eigenvalue weighted by molar-refractivity contribution is 0.111. The first kappa shape index (κ1) is 11.3. The molecule has 0 aliphatic rings. The number of benzene rings is 1. The number of carbonyl (C=O) groups is 1. The molecule has 0 N–H and O–H groups in total. The fourth-order valence-corrected chi connectivity index (χ4v) is 1.49. The molecule has 88 valence electrons. The highest BCUT2D eigenvalue weighted by Gasteiger charge is 2.07. The Morgan fingerprint density at radius 2 is 2.35 bits per heavy atom. The highest BCUT2D eigenvalue weighted by atomic mass is 19.1. The molecule has 0 amide bonds. The first-order valence-corrected chi connectivity index (χ1v) is 4.90. The van der Waals surface area contributed by atoms with Gasteiger partial charge in [-0.15, -0.1) is 5.10 Å². The summed E-state index contributed by atoms with van der Waals surface area (Å²) in [5.74, 6) is 0.214. The molecule has 0 unspecified atom stereocenters. The van der Waals surface area contributed by atoms with E-state index in [4.69, 9.17) is 4.74 Å². The van der Waals surface area contributed by atoms with Gasteiger partial charge in [0, 0.05) is 5.56 Å². The van der Waals surface area contributed by atoms with Gasteiger partial charge >= 0.3 is 0 Å². The Balaban J connectivity index is 2.28. The van der Waals surface area contributed by atoms with E-state index in [2.05, 4.69) is 10.3 Å². The Morgan fingerprint density at radius 1 is 1.53 bits per heavy atom. The molecule has 5 nitrogen and oxygen atoms in total. The molecule has 0 bridgehead atoms. The number of carbonyl (C=O) groups excluding carboxylic acids is 1. The molecule has 17 heavy (non-hydrogen) atoms. The lowest BCUT2D eigenvalue weighted by atomic mass is 10.2. The van der Waals surface area contributed by atoms with Gasteiger partial charge in [-0.3, -0.25) is 4.79 Å². The van der Waals surface area contributed by atoms with E-state index in [1.54, 1.807) is 6.07 Å². The van der Waals surface area contributed by atoms with Crippen molar-refractivity contribution in [1.29, 1.82) is 0 Å². The number of nitrogens with zero attached hydrogens (tertiary/aromatic N) is 3. The molecule has 0 atom stereocenters. The van der Waals surface area contributed by atoms with Crippen LogP contribution in [-0.4, -0.2) is 28.4 Å². The van der Waals surface area contributed by atoms with E-state index in [1.165, 1.54) is 30.1 Å². The molecule has 6 heteroatoms. The van der Waals surface area contributed by atoms with Gasteiger partial charge in [0.15, 0.2) is 6.29 Å². The average Bonchev–Trinajstić information content (AvgIpc) is 2.77. The van der Waals surface area contributed by atoms with E-state index in [9.17, 15) is 9.18 Å². The fraction of sp³-hybridized carbons (Fsp3) is 0.182. The van der Waals surface area contributed by atoms with Crippen molar-refractivity contribution in [3.63, 3.8) is 0 Å². The van der Waals surface area contributed by atoms with Gasteiger partial charge < -0.3 is 4.74 Å². The standard InChI is InChI=1S/C11H10FN3O2/c1-17-11-3-2-9(12)4-8(11)5-15-6-10(7-16)13-14-15/h2-4,6-7H,5H2,1H3. The van der Waals surface area contributed by atoms with Gasteiger partial charge in [0.2, 0.25) is 0 Å². The van der Waals surface area contributed by atoms with Gasteiger partial charge in [-0.2, -0.15) is 0 Å². The van der Waals surface area contributed by atoms with Gasteiger partial charge in [-0.25, -0.2) is 9.07 Å². The Morgan fingerprint density at radius 3 is 3.00 bits per heavy atom. The van der Waals surface area contributed by atoms with E-state index < -0.39 is 0 Å². The number of aromatic nitrogens is 3. The fourth-order valence-electron chi connectivity index (χ4n) is 1.49. The minimum Gasteiger partial charge on any atom is -0.496 e. The number of hydrogen-bond donors (Lipinski definition) is 0. The number of hydrogen-bond acceptors (Lipinski definition) is 4. The van der Waals surface area contributed by atoms with Crippen molar-refractivity contribution >= 4 is 6.29 Å². The van der Waals surface area contributed by atoms with Crippen molar-refractivity contribution in [2.75, 3.05) is 7.11 Å². The molecule has 2 rings (SSSR count). The SMILES string of the molecule is COc1ccc(F)cc1Cn1cc(C=O)nn1. The van der Waals surface area contributed by atoms with E-state index in [-0.39, 0.29) is 11.5 Å². The van der Waals surface area contributed by atoms with Crippen LogP contribution in [0, 0.1) is 5.82 Å². The van der Waals surface area contributed by atoms with Crippen LogP contribution in [0.5, 0.6) is 5.75 Å². The highest BCUT2D eigenvalue weighted by molar-refractivity contribution is 5.70. The second-order valence-corrected chi connectivity index (χ2v) is 3.42. The predicted molar refractivity (Wildman–Crippen MR) is 57.5 cm³/mol. The van der Waals surface area contributed by atoms with Crippen LogP contribution in [0.15, 0.2) is 24.4 Å². The number of aldehydes is 1. The van der Waals surface area contributed by atoms with Crippen molar-refractivity contribution in [2.45, 2.75) is 6.54 Å². The summed E-state index contributed by atoms with van der Waals surface area (Å²) in [5.41, 5.74) is 0.871. The van der Waals surface area contributed by atoms with Gasteiger partial charge in [0.1, 0.15) is 17.3 Å². The molecule has 0 fully saturated rings. The Bertz CT molecular complexity index is 539. The molecule has 1 aromatic heterocycles. The summed E-state index contributed by atoms with van der Waals surface area (Å²) in [7, 11) is 1.51. The molecule has 0 aliphatic heterocycles. The summed E-state index contributed by atoms with van der Waals surface area (Å²) < 4.78 is 19.7. The molecule has 0 aliphatic carbocycles.